The van der Waals surface area contributed by atoms with Gasteiger partial charge in [-0.2, -0.15) is 0 Å². The number of hydrogen-bond acceptors (Lipinski definition) is 4. The molecule has 0 fully saturated rings. The molecule has 0 radical (unpaired) electrons. The van der Waals surface area contributed by atoms with Crippen molar-refractivity contribution >= 4 is 5.69 Å². The number of nitrogens with one attached hydrogen (secondary N) is 1. The summed E-state index contributed by atoms with van der Waals surface area (Å²) in [5, 5.41) is 3.29. The highest BCUT2D eigenvalue weighted by Gasteiger charge is 1.99. The molecule has 0 bridgehead atoms. The number of anilines is 1. The minimum absolute atomic E-state index is 0.639. The van der Waals surface area contributed by atoms with Crippen LogP contribution in [0.4, 0.5) is 5.69 Å². The Morgan fingerprint density at radius 2 is 1.94 bits per heavy atom. The van der Waals surface area contributed by atoms with Crippen molar-refractivity contribution in [2.45, 2.75) is 6.92 Å². The Balaban J connectivity index is 2.25. The Hall–Kier alpha value is -1.26. The second-order valence-corrected chi connectivity index (χ2v) is 3.72. The van der Waals surface area contributed by atoms with Gasteiger partial charge in [-0.25, -0.2) is 0 Å². The molecule has 0 atom stereocenters. The molecular formula is C13H21NO3. The normalized spacial score (nSPS) is 10.3. The maximum atomic E-state index is 5.36. The van der Waals surface area contributed by atoms with E-state index in [0.717, 1.165) is 23.5 Å². The van der Waals surface area contributed by atoms with Crippen molar-refractivity contribution in [3.05, 3.63) is 23.8 Å². The van der Waals surface area contributed by atoms with Crippen LogP contribution in [-0.4, -0.2) is 40.6 Å². The average Bonchev–Trinajstić information content (AvgIpc) is 2.34. The zero-order chi connectivity index (χ0) is 12.5. The third-order valence-electron chi connectivity index (χ3n) is 2.40. The zero-order valence-corrected chi connectivity index (χ0v) is 10.8. The van der Waals surface area contributed by atoms with E-state index in [1.807, 2.05) is 19.1 Å². The van der Waals surface area contributed by atoms with Gasteiger partial charge in [-0.3, -0.25) is 0 Å². The molecule has 0 aliphatic heterocycles. The predicted molar refractivity (Wildman–Crippen MR) is 68.9 cm³/mol. The lowest BCUT2D eigenvalue weighted by molar-refractivity contribution is 0.0759. The quantitative estimate of drug-likeness (QED) is 0.705. The summed E-state index contributed by atoms with van der Waals surface area (Å²) >= 11 is 0. The van der Waals surface area contributed by atoms with Crippen molar-refractivity contribution in [2.24, 2.45) is 0 Å². The molecule has 1 N–H and O–H groups in total. The minimum Gasteiger partial charge on any atom is -0.496 e. The van der Waals surface area contributed by atoms with Crippen molar-refractivity contribution in [2.75, 3.05) is 45.9 Å². The first kappa shape index (κ1) is 13.8. The zero-order valence-electron chi connectivity index (χ0n) is 10.8. The van der Waals surface area contributed by atoms with E-state index in [0.29, 0.717) is 19.8 Å². The van der Waals surface area contributed by atoms with Crippen LogP contribution in [0.3, 0.4) is 0 Å². The van der Waals surface area contributed by atoms with Gasteiger partial charge in [0.25, 0.3) is 0 Å². The minimum atomic E-state index is 0.639. The van der Waals surface area contributed by atoms with E-state index in [9.17, 15) is 0 Å². The Morgan fingerprint density at radius 1 is 1.12 bits per heavy atom. The van der Waals surface area contributed by atoms with Crippen LogP contribution >= 0.6 is 0 Å². The first-order valence-electron chi connectivity index (χ1n) is 5.73. The van der Waals surface area contributed by atoms with E-state index in [2.05, 4.69) is 11.4 Å². The SMILES string of the molecule is COCCOCCNc1ccc(OC)c(C)c1. The molecule has 1 aromatic carbocycles. The molecule has 0 unspecified atom stereocenters. The summed E-state index contributed by atoms with van der Waals surface area (Å²) in [6.45, 7) is 4.77. The third-order valence-corrected chi connectivity index (χ3v) is 2.40. The van der Waals surface area contributed by atoms with Crippen molar-refractivity contribution in [3.8, 4) is 5.75 Å². The molecule has 0 spiro atoms. The van der Waals surface area contributed by atoms with Gasteiger partial charge in [0, 0.05) is 19.3 Å². The molecular weight excluding hydrogens is 218 g/mol. The summed E-state index contributed by atoms with van der Waals surface area (Å²) in [6, 6.07) is 6.03. The highest BCUT2D eigenvalue weighted by molar-refractivity contribution is 5.50. The molecule has 4 nitrogen and oxygen atoms in total. The van der Waals surface area contributed by atoms with Crippen LogP contribution in [0.15, 0.2) is 18.2 Å². The van der Waals surface area contributed by atoms with Gasteiger partial charge >= 0.3 is 0 Å². The first-order chi connectivity index (χ1) is 8.27. The van der Waals surface area contributed by atoms with Crippen LogP contribution in [0, 0.1) is 6.92 Å². The first-order valence-corrected chi connectivity index (χ1v) is 5.73. The fraction of sp³-hybridized carbons (Fsp3) is 0.538. The highest BCUT2D eigenvalue weighted by Crippen LogP contribution is 2.20. The van der Waals surface area contributed by atoms with Crippen LogP contribution in [0.25, 0.3) is 0 Å². The summed E-state index contributed by atoms with van der Waals surface area (Å²) in [5.41, 5.74) is 2.21. The van der Waals surface area contributed by atoms with Crippen LogP contribution in [0.2, 0.25) is 0 Å². The standard InChI is InChI=1S/C13H21NO3/c1-11-10-12(4-5-13(11)16-3)14-6-7-17-9-8-15-2/h4-5,10,14H,6-9H2,1-3H3. The molecule has 0 saturated carbocycles. The van der Waals surface area contributed by atoms with E-state index in [1.165, 1.54) is 0 Å². The Kier molecular flexibility index (Phi) is 6.43. The number of ether oxygens (including phenoxy) is 3. The molecule has 0 amide bonds. The summed E-state index contributed by atoms with van der Waals surface area (Å²) in [5.74, 6) is 0.909. The predicted octanol–water partition coefficient (Wildman–Crippen LogP) is 2.08. The lowest BCUT2D eigenvalue weighted by Crippen LogP contribution is -2.12. The number of benzene rings is 1. The summed E-state index contributed by atoms with van der Waals surface area (Å²) in [6.07, 6.45) is 0. The van der Waals surface area contributed by atoms with Gasteiger partial charge < -0.3 is 19.5 Å². The molecule has 0 heterocycles. The molecule has 1 aromatic rings. The van der Waals surface area contributed by atoms with Crippen LogP contribution < -0.4 is 10.1 Å². The Labute approximate surface area is 103 Å². The van der Waals surface area contributed by atoms with E-state index < -0.39 is 0 Å². The molecule has 0 aliphatic rings. The van der Waals surface area contributed by atoms with Gasteiger partial charge in [-0.15, -0.1) is 0 Å². The third kappa shape index (κ3) is 5.06. The van der Waals surface area contributed by atoms with Gasteiger partial charge in [-0.05, 0) is 30.7 Å². The highest BCUT2D eigenvalue weighted by atomic mass is 16.5. The molecule has 4 heteroatoms. The van der Waals surface area contributed by atoms with Gasteiger partial charge in [0.1, 0.15) is 5.75 Å². The number of methoxy groups -OCH3 is 2. The van der Waals surface area contributed by atoms with E-state index in [1.54, 1.807) is 14.2 Å². The summed E-state index contributed by atoms with van der Waals surface area (Å²) in [4.78, 5) is 0. The van der Waals surface area contributed by atoms with Crippen LogP contribution in [0.1, 0.15) is 5.56 Å². The second kappa shape index (κ2) is 7.92. The molecule has 0 aliphatic carbocycles. The maximum absolute atomic E-state index is 5.36. The van der Waals surface area contributed by atoms with E-state index in [-0.39, 0.29) is 0 Å². The number of rotatable bonds is 8. The summed E-state index contributed by atoms with van der Waals surface area (Å²) < 4.78 is 15.5. The van der Waals surface area contributed by atoms with Crippen LogP contribution in [-0.2, 0) is 9.47 Å². The molecule has 0 saturated heterocycles. The van der Waals surface area contributed by atoms with Gasteiger partial charge in [-0.1, -0.05) is 0 Å². The molecule has 17 heavy (non-hydrogen) atoms. The fourth-order valence-electron chi connectivity index (χ4n) is 1.50. The monoisotopic (exact) mass is 239 g/mol. The van der Waals surface area contributed by atoms with Crippen LogP contribution in [0.5, 0.6) is 5.75 Å². The fourth-order valence-corrected chi connectivity index (χ4v) is 1.50. The summed E-state index contributed by atoms with van der Waals surface area (Å²) in [7, 11) is 3.35. The molecule has 96 valence electrons. The van der Waals surface area contributed by atoms with Gasteiger partial charge in [0.2, 0.25) is 0 Å². The maximum Gasteiger partial charge on any atom is 0.121 e. The van der Waals surface area contributed by atoms with Gasteiger partial charge in [0.05, 0.1) is 26.9 Å². The van der Waals surface area contributed by atoms with Crippen molar-refractivity contribution < 1.29 is 14.2 Å². The smallest absolute Gasteiger partial charge is 0.121 e. The van der Waals surface area contributed by atoms with Gasteiger partial charge in [0.15, 0.2) is 0 Å². The molecule has 1 rings (SSSR count). The van der Waals surface area contributed by atoms with E-state index in [4.69, 9.17) is 14.2 Å². The number of hydrogen-bond donors (Lipinski definition) is 1. The van der Waals surface area contributed by atoms with Crippen molar-refractivity contribution in [1.82, 2.24) is 0 Å². The number of aryl methyl sites for hydroxylation is 1. The van der Waals surface area contributed by atoms with E-state index >= 15 is 0 Å². The largest absolute Gasteiger partial charge is 0.496 e. The topological polar surface area (TPSA) is 39.7 Å². The lowest BCUT2D eigenvalue weighted by Gasteiger charge is -2.10. The van der Waals surface area contributed by atoms with Crippen molar-refractivity contribution in [3.63, 3.8) is 0 Å². The average molecular weight is 239 g/mol. The molecule has 0 aromatic heterocycles. The lowest BCUT2D eigenvalue weighted by atomic mass is 10.2. The Bertz CT molecular complexity index is 328. The van der Waals surface area contributed by atoms with Crippen molar-refractivity contribution in [1.29, 1.82) is 0 Å². The Morgan fingerprint density at radius 3 is 2.59 bits per heavy atom. The second-order valence-electron chi connectivity index (χ2n) is 3.72.